The quantitative estimate of drug-likeness (QED) is 0.890. The number of aliphatic carboxylic acids is 1. The molecule has 1 aromatic rings. The van der Waals surface area contributed by atoms with Gasteiger partial charge in [-0.25, -0.2) is 9.59 Å². The molecule has 6 nitrogen and oxygen atoms in total. The molecular weight excluding hydrogens is 270 g/mol. The third-order valence-electron chi connectivity index (χ3n) is 3.90. The lowest BCUT2D eigenvalue weighted by Gasteiger charge is -2.28. The summed E-state index contributed by atoms with van der Waals surface area (Å²) in [5.41, 5.74) is -0.0480. The average Bonchev–Trinajstić information content (AvgIpc) is 2.96. The van der Waals surface area contributed by atoms with Gasteiger partial charge in [-0.15, -0.1) is 0 Å². The zero-order valence-corrected chi connectivity index (χ0v) is 11.8. The third kappa shape index (κ3) is 2.97. The van der Waals surface area contributed by atoms with Crippen LogP contribution < -0.4 is 10.2 Å². The molecule has 1 fully saturated rings. The van der Waals surface area contributed by atoms with Crippen molar-refractivity contribution in [2.24, 2.45) is 0 Å². The lowest BCUT2D eigenvalue weighted by Crippen LogP contribution is -2.55. The first-order chi connectivity index (χ1) is 9.98. The highest BCUT2D eigenvalue weighted by Gasteiger charge is 2.43. The molecule has 6 heteroatoms. The predicted octanol–water partition coefficient (Wildman–Crippen LogP) is 2.10. The minimum atomic E-state index is -1.15. The molecule has 0 spiro atoms. The van der Waals surface area contributed by atoms with Gasteiger partial charge in [0.2, 0.25) is 0 Å². The van der Waals surface area contributed by atoms with Crippen molar-refractivity contribution in [2.75, 3.05) is 11.9 Å². The molecule has 0 bridgehead atoms. The van der Waals surface area contributed by atoms with Crippen LogP contribution in [0.2, 0.25) is 0 Å². The second-order valence-electron chi connectivity index (χ2n) is 5.24. The van der Waals surface area contributed by atoms with Crippen molar-refractivity contribution in [3.05, 3.63) is 29.8 Å². The minimum Gasteiger partial charge on any atom is -0.480 e. The van der Waals surface area contributed by atoms with Gasteiger partial charge in [0.1, 0.15) is 5.54 Å². The van der Waals surface area contributed by atoms with E-state index < -0.39 is 17.5 Å². The van der Waals surface area contributed by atoms with Gasteiger partial charge in [-0.1, -0.05) is 12.8 Å². The van der Waals surface area contributed by atoms with Crippen LogP contribution in [0.5, 0.6) is 0 Å². The molecule has 1 saturated carbocycles. The standard InChI is InChI=1S/C15H17N3O3/c1-18(12-6-4-11(10-16)5-7-12)14(21)17-15(13(19)20)8-2-3-9-15/h4-7H,2-3,8-9H2,1H3,(H,17,21)(H,19,20). The fourth-order valence-electron chi connectivity index (χ4n) is 2.54. The second-order valence-corrected chi connectivity index (χ2v) is 5.24. The fraction of sp³-hybridized carbons (Fsp3) is 0.400. The van der Waals surface area contributed by atoms with Crippen LogP contribution in [-0.2, 0) is 4.79 Å². The molecule has 1 aliphatic carbocycles. The van der Waals surface area contributed by atoms with E-state index >= 15 is 0 Å². The summed E-state index contributed by atoms with van der Waals surface area (Å²) in [5, 5.41) is 20.8. The Morgan fingerprint density at radius 2 is 1.86 bits per heavy atom. The lowest BCUT2D eigenvalue weighted by molar-refractivity contribution is -0.144. The molecule has 0 unspecified atom stereocenters. The van der Waals surface area contributed by atoms with Gasteiger partial charge >= 0.3 is 12.0 Å². The fourth-order valence-corrected chi connectivity index (χ4v) is 2.54. The molecule has 1 aliphatic rings. The Bertz CT molecular complexity index is 583. The van der Waals surface area contributed by atoms with E-state index in [2.05, 4.69) is 5.32 Å². The van der Waals surface area contributed by atoms with E-state index in [1.165, 1.54) is 4.90 Å². The molecule has 0 atom stereocenters. The third-order valence-corrected chi connectivity index (χ3v) is 3.90. The van der Waals surface area contributed by atoms with Gasteiger partial charge < -0.3 is 10.4 Å². The number of nitriles is 1. The minimum absolute atomic E-state index is 0.454. The van der Waals surface area contributed by atoms with Gasteiger partial charge in [-0.2, -0.15) is 5.26 Å². The Morgan fingerprint density at radius 1 is 1.29 bits per heavy atom. The molecule has 110 valence electrons. The number of carboxylic acids is 1. The van der Waals surface area contributed by atoms with Crippen LogP contribution in [0, 0.1) is 11.3 Å². The Morgan fingerprint density at radius 3 is 2.33 bits per heavy atom. The van der Waals surface area contributed by atoms with E-state index in [1.54, 1.807) is 31.3 Å². The van der Waals surface area contributed by atoms with Crippen molar-refractivity contribution in [3.63, 3.8) is 0 Å². The highest BCUT2D eigenvalue weighted by Crippen LogP contribution is 2.30. The van der Waals surface area contributed by atoms with Crippen LogP contribution in [-0.4, -0.2) is 29.7 Å². The first-order valence-electron chi connectivity index (χ1n) is 6.78. The van der Waals surface area contributed by atoms with Crippen LogP contribution >= 0.6 is 0 Å². The molecule has 0 heterocycles. The first-order valence-corrected chi connectivity index (χ1v) is 6.78. The first kappa shape index (κ1) is 14.9. The molecule has 2 amide bonds. The second kappa shape index (κ2) is 5.83. The number of carboxylic acid groups (broad SMARTS) is 1. The average molecular weight is 287 g/mol. The summed E-state index contributed by atoms with van der Waals surface area (Å²) in [6, 6.07) is 8.08. The Kier molecular flexibility index (Phi) is 4.13. The van der Waals surface area contributed by atoms with Gasteiger partial charge in [0.05, 0.1) is 11.6 Å². The van der Waals surface area contributed by atoms with E-state index in [9.17, 15) is 14.7 Å². The van der Waals surface area contributed by atoms with E-state index in [4.69, 9.17) is 5.26 Å². The predicted molar refractivity (Wildman–Crippen MR) is 76.9 cm³/mol. The number of rotatable bonds is 3. The Balaban J connectivity index is 2.11. The number of hydrogen-bond acceptors (Lipinski definition) is 3. The highest BCUT2D eigenvalue weighted by molar-refractivity contribution is 5.95. The van der Waals surface area contributed by atoms with E-state index in [0.717, 1.165) is 12.8 Å². The summed E-state index contributed by atoms with van der Waals surface area (Å²) in [4.78, 5) is 25.0. The normalized spacial score (nSPS) is 16.0. The molecule has 0 aromatic heterocycles. The Labute approximate surface area is 123 Å². The number of hydrogen-bond donors (Lipinski definition) is 2. The molecule has 0 aliphatic heterocycles. The zero-order valence-electron chi connectivity index (χ0n) is 11.8. The molecule has 2 N–H and O–H groups in total. The number of carbonyl (C=O) groups is 2. The topological polar surface area (TPSA) is 93.4 Å². The number of amides is 2. The lowest BCUT2D eigenvalue weighted by atomic mass is 9.98. The smallest absolute Gasteiger partial charge is 0.329 e. The summed E-state index contributed by atoms with van der Waals surface area (Å²) in [7, 11) is 1.57. The Hall–Kier alpha value is -2.55. The summed E-state index contributed by atoms with van der Waals surface area (Å²) in [5.74, 6) is -0.985. The van der Waals surface area contributed by atoms with Gasteiger partial charge in [-0.05, 0) is 37.1 Å². The molecular formula is C15H17N3O3. The summed E-state index contributed by atoms with van der Waals surface area (Å²) < 4.78 is 0. The van der Waals surface area contributed by atoms with E-state index in [-0.39, 0.29) is 0 Å². The number of nitrogens with one attached hydrogen (secondary N) is 1. The van der Waals surface area contributed by atoms with E-state index in [1.807, 2.05) is 6.07 Å². The number of urea groups is 1. The van der Waals surface area contributed by atoms with Crippen molar-refractivity contribution in [1.29, 1.82) is 5.26 Å². The highest BCUT2D eigenvalue weighted by atomic mass is 16.4. The van der Waals surface area contributed by atoms with Gasteiger partial charge in [0.25, 0.3) is 0 Å². The van der Waals surface area contributed by atoms with Crippen molar-refractivity contribution < 1.29 is 14.7 Å². The summed E-state index contributed by atoms with van der Waals surface area (Å²) in [6.45, 7) is 0. The number of nitrogens with zero attached hydrogens (tertiary/aromatic N) is 2. The van der Waals surface area contributed by atoms with Crippen molar-refractivity contribution in [2.45, 2.75) is 31.2 Å². The van der Waals surface area contributed by atoms with Gasteiger partial charge in [-0.3, -0.25) is 4.90 Å². The van der Waals surface area contributed by atoms with Crippen LogP contribution in [0.25, 0.3) is 0 Å². The maximum atomic E-state index is 12.3. The molecule has 2 rings (SSSR count). The van der Waals surface area contributed by atoms with Crippen molar-refractivity contribution in [3.8, 4) is 6.07 Å². The molecule has 0 radical (unpaired) electrons. The SMILES string of the molecule is CN(C(=O)NC1(C(=O)O)CCCC1)c1ccc(C#N)cc1. The number of anilines is 1. The summed E-state index contributed by atoms with van der Waals surface area (Å²) >= 11 is 0. The maximum absolute atomic E-state index is 12.3. The molecule has 0 saturated heterocycles. The van der Waals surface area contributed by atoms with Gasteiger partial charge in [0.15, 0.2) is 0 Å². The molecule has 1 aromatic carbocycles. The van der Waals surface area contributed by atoms with Gasteiger partial charge in [0, 0.05) is 12.7 Å². The summed E-state index contributed by atoms with van der Waals surface area (Å²) in [6.07, 6.45) is 2.50. The van der Waals surface area contributed by atoms with Crippen LogP contribution in [0.1, 0.15) is 31.2 Å². The van der Waals surface area contributed by atoms with Crippen molar-refractivity contribution in [1.82, 2.24) is 5.32 Å². The van der Waals surface area contributed by atoms with E-state index in [0.29, 0.717) is 24.1 Å². The van der Waals surface area contributed by atoms with Crippen LogP contribution in [0.15, 0.2) is 24.3 Å². The van der Waals surface area contributed by atoms with Crippen LogP contribution in [0.4, 0.5) is 10.5 Å². The number of carbonyl (C=O) groups excluding carboxylic acids is 1. The largest absolute Gasteiger partial charge is 0.480 e. The monoisotopic (exact) mass is 287 g/mol. The maximum Gasteiger partial charge on any atom is 0.329 e. The molecule has 21 heavy (non-hydrogen) atoms. The van der Waals surface area contributed by atoms with Crippen LogP contribution in [0.3, 0.4) is 0 Å². The van der Waals surface area contributed by atoms with Crippen molar-refractivity contribution >= 4 is 17.7 Å². The zero-order chi connectivity index (χ0) is 15.5. The number of benzene rings is 1.